The Labute approximate surface area is 124 Å². The molecule has 5 heteroatoms. The predicted octanol–water partition coefficient (Wildman–Crippen LogP) is 3.22. The van der Waals surface area contributed by atoms with Gasteiger partial charge in [-0.05, 0) is 46.9 Å². The molecular formula is C13H12ClIN2O. The number of hydrogen-bond acceptors (Lipinski definition) is 2. The quantitative estimate of drug-likeness (QED) is 0.834. The molecule has 0 unspecified atom stereocenters. The lowest BCUT2D eigenvalue weighted by Crippen LogP contribution is -2.22. The largest absolute Gasteiger partial charge is 0.382 e. The Bertz CT molecular complexity index is 598. The second-order valence-electron chi connectivity index (χ2n) is 3.78. The van der Waals surface area contributed by atoms with Gasteiger partial charge in [0.1, 0.15) is 0 Å². The van der Waals surface area contributed by atoms with Gasteiger partial charge in [0.05, 0.1) is 10.7 Å². The van der Waals surface area contributed by atoms with Gasteiger partial charge in [0.15, 0.2) is 0 Å². The zero-order valence-electron chi connectivity index (χ0n) is 9.57. The van der Waals surface area contributed by atoms with Crippen LogP contribution in [0, 0.1) is 3.57 Å². The van der Waals surface area contributed by atoms with Crippen LogP contribution in [0.5, 0.6) is 0 Å². The van der Waals surface area contributed by atoms with Crippen LogP contribution in [0.4, 0.5) is 5.69 Å². The number of benzene rings is 1. The minimum atomic E-state index is 0.00741. The summed E-state index contributed by atoms with van der Waals surface area (Å²) < 4.78 is 2.76. The lowest BCUT2D eigenvalue weighted by atomic mass is 10.3. The highest BCUT2D eigenvalue weighted by Gasteiger charge is 2.00. The zero-order valence-corrected chi connectivity index (χ0v) is 12.5. The second kappa shape index (κ2) is 6.24. The topological polar surface area (TPSA) is 34.0 Å². The second-order valence-corrected chi connectivity index (χ2v) is 5.44. The molecule has 2 aromatic rings. The molecule has 18 heavy (non-hydrogen) atoms. The fraction of sp³-hybridized carbons (Fsp3) is 0.154. The molecule has 0 aliphatic rings. The lowest BCUT2D eigenvalue weighted by Gasteiger charge is -2.09. The maximum absolute atomic E-state index is 11.5. The smallest absolute Gasteiger partial charge is 0.250 e. The third-order valence-electron chi connectivity index (χ3n) is 2.50. The van der Waals surface area contributed by atoms with Gasteiger partial charge >= 0.3 is 0 Å². The molecule has 0 bridgehead atoms. The highest BCUT2D eigenvalue weighted by molar-refractivity contribution is 14.1. The van der Waals surface area contributed by atoms with Crippen LogP contribution in [-0.4, -0.2) is 11.1 Å². The van der Waals surface area contributed by atoms with Crippen molar-refractivity contribution in [2.45, 2.75) is 6.54 Å². The van der Waals surface area contributed by atoms with Crippen LogP contribution in [0.25, 0.3) is 0 Å². The minimum Gasteiger partial charge on any atom is -0.382 e. The average Bonchev–Trinajstić information content (AvgIpc) is 2.34. The monoisotopic (exact) mass is 374 g/mol. The van der Waals surface area contributed by atoms with Crippen molar-refractivity contribution in [1.29, 1.82) is 0 Å². The van der Waals surface area contributed by atoms with Gasteiger partial charge in [-0.2, -0.15) is 0 Å². The van der Waals surface area contributed by atoms with Gasteiger partial charge in [0.25, 0.3) is 5.56 Å². The summed E-state index contributed by atoms with van der Waals surface area (Å²) in [5.74, 6) is 0. The molecule has 3 nitrogen and oxygen atoms in total. The van der Waals surface area contributed by atoms with Gasteiger partial charge in [-0.25, -0.2) is 0 Å². The Kier molecular flexibility index (Phi) is 4.66. The molecule has 1 heterocycles. The minimum absolute atomic E-state index is 0.00741. The molecule has 0 fully saturated rings. The van der Waals surface area contributed by atoms with E-state index >= 15 is 0 Å². The first-order valence-electron chi connectivity index (χ1n) is 5.51. The summed E-state index contributed by atoms with van der Waals surface area (Å²) in [6, 6.07) is 11.0. The number of hydrogen-bond donors (Lipinski definition) is 1. The van der Waals surface area contributed by atoms with Crippen LogP contribution < -0.4 is 10.9 Å². The van der Waals surface area contributed by atoms with Gasteiger partial charge < -0.3 is 9.88 Å². The van der Waals surface area contributed by atoms with Gasteiger partial charge in [-0.1, -0.05) is 17.7 Å². The van der Waals surface area contributed by atoms with Gasteiger partial charge in [-0.3, -0.25) is 4.79 Å². The fourth-order valence-corrected chi connectivity index (χ4v) is 2.51. The molecule has 0 saturated heterocycles. The Morgan fingerprint density at radius 2 is 2.11 bits per heavy atom. The van der Waals surface area contributed by atoms with E-state index < -0.39 is 0 Å². The van der Waals surface area contributed by atoms with E-state index in [0.29, 0.717) is 18.1 Å². The molecule has 0 amide bonds. The molecule has 2 rings (SSSR count). The first kappa shape index (κ1) is 13.4. The van der Waals surface area contributed by atoms with Crippen LogP contribution in [0.2, 0.25) is 5.02 Å². The van der Waals surface area contributed by atoms with E-state index in [9.17, 15) is 4.79 Å². The number of anilines is 1. The molecule has 0 saturated carbocycles. The van der Waals surface area contributed by atoms with Crippen molar-refractivity contribution in [3.8, 4) is 0 Å². The van der Waals surface area contributed by atoms with Crippen LogP contribution in [0.15, 0.2) is 47.4 Å². The van der Waals surface area contributed by atoms with Crippen molar-refractivity contribution in [2.24, 2.45) is 0 Å². The Balaban J connectivity index is 1.97. The van der Waals surface area contributed by atoms with E-state index in [2.05, 4.69) is 27.9 Å². The fourth-order valence-electron chi connectivity index (χ4n) is 1.59. The summed E-state index contributed by atoms with van der Waals surface area (Å²) in [6.07, 6.45) is 1.78. The van der Waals surface area contributed by atoms with E-state index in [-0.39, 0.29) is 5.56 Å². The summed E-state index contributed by atoms with van der Waals surface area (Å²) in [5.41, 5.74) is 0.897. The van der Waals surface area contributed by atoms with Crippen LogP contribution in [0.1, 0.15) is 0 Å². The van der Waals surface area contributed by atoms with Crippen molar-refractivity contribution in [1.82, 2.24) is 4.57 Å². The third kappa shape index (κ3) is 3.49. The normalized spacial score (nSPS) is 10.3. The van der Waals surface area contributed by atoms with Crippen molar-refractivity contribution < 1.29 is 0 Å². The zero-order chi connectivity index (χ0) is 13.0. The third-order valence-corrected chi connectivity index (χ3v) is 3.48. The number of aromatic nitrogens is 1. The average molecular weight is 375 g/mol. The molecular weight excluding hydrogens is 363 g/mol. The van der Waals surface area contributed by atoms with Gasteiger partial charge in [-0.15, -0.1) is 0 Å². The standard InChI is InChI=1S/C13H12ClIN2O/c14-11-9-10(15)4-5-12(11)16-6-8-17-7-2-1-3-13(17)18/h1-5,7,9,16H,6,8H2. The van der Waals surface area contributed by atoms with E-state index in [4.69, 9.17) is 11.6 Å². The van der Waals surface area contributed by atoms with E-state index in [1.54, 1.807) is 22.9 Å². The Hall–Kier alpha value is -1.01. The summed E-state index contributed by atoms with van der Waals surface area (Å²) in [5, 5.41) is 3.92. The van der Waals surface area contributed by atoms with Crippen molar-refractivity contribution in [3.05, 3.63) is 61.5 Å². The van der Waals surface area contributed by atoms with Crippen LogP contribution in [0.3, 0.4) is 0 Å². The molecule has 0 spiro atoms. The number of rotatable bonds is 4. The summed E-state index contributed by atoms with van der Waals surface area (Å²) in [4.78, 5) is 11.5. The molecule has 0 aliphatic carbocycles. The van der Waals surface area contributed by atoms with Crippen molar-refractivity contribution >= 4 is 39.9 Å². The molecule has 0 atom stereocenters. The predicted molar refractivity (Wildman–Crippen MR) is 83.4 cm³/mol. The SMILES string of the molecule is O=c1ccccn1CCNc1ccc(I)cc1Cl. The van der Waals surface area contributed by atoms with Crippen LogP contribution >= 0.6 is 34.2 Å². The molecule has 0 aliphatic heterocycles. The van der Waals surface area contributed by atoms with E-state index in [1.807, 2.05) is 24.3 Å². The summed E-state index contributed by atoms with van der Waals surface area (Å²) in [6.45, 7) is 1.27. The van der Waals surface area contributed by atoms with Gasteiger partial charge in [0, 0.05) is 28.9 Å². The molecule has 0 radical (unpaired) electrons. The summed E-state index contributed by atoms with van der Waals surface area (Å²) >= 11 is 8.32. The number of nitrogens with zero attached hydrogens (tertiary/aromatic N) is 1. The molecule has 94 valence electrons. The Morgan fingerprint density at radius 3 is 2.83 bits per heavy atom. The molecule has 1 aromatic heterocycles. The first-order valence-corrected chi connectivity index (χ1v) is 6.97. The number of pyridine rings is 1. The summed E-state index contributed by atoms with van der Waals surface area (Å²) in [7, 11) is 0. The lowest BCUT2D eigenvalue weighted by molar-refractivity contribution is 0.697. The number of nitrogens with one attached hydrogen (secondary N) is 1. The van der Waals surface area contributed by atoms with E-state index in [0.717, 1.165) is 9.26 Å². The van der Waals surface area contributed by atoms with Crippen molar-refractivity contribution in [2.75, 3.05) is 11.9 Å². The highest BCUT2D eigenvalue weighted by Crippen LogP contribution is 2.23. The van der Waals surface area contributed by atoms with E-state index in [1.165, 1.54) is 0 Å². The highest BCUT2D eigenvalue weighted by atomic mass is 127. The molecule has 1 aromatic carbocycles. The van der Waals surface area contributed by atoms with Gasteiger partial charge in [0.2, 0.25) is 0 Å². The first-order chi connectivity index (χ1) is 8.66. The maximum atomic E-state index is 11.5. The Morgan fingerprint density at radius 1 is 1.28 bits per heavy atom. The molecule has 1 N–H and O–H groups in total. The maximum Gasteiger partial charge on any atom is 0.250 e. The van der Waals surface area contributed by atoms with Crippen LogP contribution in [-0.2, 0) is 6.54 Å². The van der Waals surface area contributed by atoms with Crippen molar-refractivity contribution in [3.63, 3.8) is 0 Å². The number of halogens is 2.